The number of alkyl halides is 3. The first-order valence-corrected chi connectivity index (χ1v) is 17.3. The fourth-order valence-electron chi connectivity index (χ4n) is 7.63. The van der Waals surface area contributed by atoms with Gasteiger partial charge in [0.1, 0.15) is 12.2 Å². The maximum absolute atomic E-state index is 14.1. The molecule has 6 rings (SSSR count). The number of benzene rings is 3. The summed E-state index contributed by atoms with van der Waals surface area (Å²) in [5.74, 6) is -6.00. The number of aromatic nitrogens is 3. The molecular formula is C39H40F3N5O8. The molecule has 3 atom stereocenters. The number of nitrogens with one attached hydrogen (secondary N) is 3. The van der Waals surface area contributed by atoms with Crippen LogP contribution in [0.3, 0.4) is 0 Å². The summed E-state index contributed by atoms with van der Waals surface area (Å²) in [6.07, 6.45) is -7.23. The van der Waals surface area contributed by atoms with Crippen LogP contribution >= 0.6 is 0 Å². The molecule has 0 bridgehead atoms. The van der Waals surface area contributed by atoms with Crippen LogP contribution in [0.15, 0.2) is 102 Å². The molecule has 2 amide bonds. The number of amides is 2. The zero-order valence-corrected chi connectivity index (χ0v) is 30.3. The van der Waals surface area contributed by atoms with Crippen molar-refractivity contribution in [2.45, 2.75) is 55.7 Å². The number of fused-ring (bicyclic) bond motifs is 1. The molecule has 1 fully saturated rings. The van der Waals surface area contributed by atoms with E-state index in [1.165, 1.54) is 25.0 Å². The lowest BCUT2D eigenvalue weighted by Gasteiger charge is -2.55. The standard InChI is InChI=1S/C39H40F3N5O8/c1-23(2)32(50)45-35-44-31-29(33(51)46-35)24(20-43-34(52)38(40,41)42)21-47(31)39(37(53-3,54-4)30(49)28(22-48)55-39)36(25-14-8-5-9-15-25,26-16-10-6-11-17-26)27-18-12-7-13-19-27/h5-19,21,23,28,30,48-49H,20,22H2,1-4H3,(H,43,52)(H2,44,45,46,50,51)/t28-,30-,39-/m1/s1. The van der Waals surface area contributed by atoms with Gasteiger partial charge in [-0.15, -0.1) is 0 Å². The molecule has 0 radical (unpaired) electrons. The van der Waals surface area contributed by atoms with Crippen LogP contribution in [0.1, 0.15) is 36.1 Å². The lowest BCUT2D eigenvalue weighted by Crippen LogP contribution is -2.69. The molecular weight excluding hydrogens is 723 g/mol. The Morgan fingerprint density at radius 2 is 1.45 bits per heavy atom. The Hall–Kier alpha value is -5.39. The van der Waals surface area contributed by atoms with Crippen LogP contribution in [0, 0.1) is 5.92 Å². The number of ether oxygens (including phenoxy) is 3. The molecule has 3 aromatic carbocycles. The van der Waals surface area contributed by atoms with Gasteiger partial charge in [0, 0.05) is 38.4 Å². The van der Waals surface area contributed by atoms with E-state index in [-0.39, 0.29) is 22.5 Å². The summed E-state index contributed by atoms with van der Waals surface area (Å²) in [4.78, 5) is 46.3. The average molecular weight is 764 g/mol. The fraction of sp³-hybridized carbons (Fsp3) is 0.333. The van der Waals surface area contributed by atoms with Gasteiger partial charge >= 0.3 is 12.1 Å². The number of aromatic amines is 1. The summed E-state index contributed by atoms with van der Waals surface area (Å²) in [7, 11) is 2.50. The SMILES string of the molecule is COC1(OC)[C@H](O)[C@@H](CO)O[C@]1(n1cc(CNC(=O)C(F)(F)F)c2c(=O)[nH]c(NC(=O)C(C)C)nc21)C(c1ccccc1)(c1ccccc1)c1ccccc1. The van der Waals surface area contributed by atoms with Crippen LogP contribution in [-0.2, 0) is 41.5 Å². The van der Waals surface area contributed by atoms with E-state index in [9.17, 15) is 37.8 Å². The lowest BCUT2D eigenvalue weighted by molar-refractivity contribution is -0.337. The van der Waals surface area contributed by atoms with Crippen molar-refractivity contribution in [1.82, 2.24) is 19.9 Å². The van der Waals surface area contributed by atoms with Gasteiger partial charge in [-0.05, 0) is 16.7 Å². The van der Waals surface area contributed by atoms with Gasteiger partial charge in [0.25, 0.3) is 5.56 Å². The Labute approximate surface area is 313 Å². The number of anilines is 1. The number of aliphatic hydroxyl groups is 2. The molecule has 290 valence electrons. The van der Waals surface area contributed by atoms with Crippen LogP contribution in [0.2, 0.25) is 0 Å². The highest BCUT2D eigenvalue weighted by atomic mass is 19.4. The highest BCUT2D eigenvalue weighted by molar-refractivity contribution is 5.91. The Morgan fingerprint density at radius 3 is 1.89 bits per heavy atom. The van der Waals surface area contributed by atoms with Gasteiger partial charge in [-0.1, -0.05) is 105 Å². The Morgan fingerprint density at radius 1 is 0.945 bits per heavy atom. The minimum atomic E-state index is -5.25. The number of carbonyl (C=O) groups is 2. The average Bonchev–Trinajstić information content (AvgIpc) is 3.68. The van der Waals surface area contributed by atoms with Gasteiger partial charge in [-0.2, -0.15) is 18.2 Å². The van der Waals surface area contributed by atoms with Crippen molar-refractivity contribution in [2.24, 2.45) is 5.92 Å². The van der Waals surface area contributed by atoms with Crippen molar-refractivity contribution >= 4 is 28.8 Å². The predicted octanol–water partition coefficient (Wildman–Crippen LogP) is 3.93. The summed E-state index contributed by atoms with van der Waals surface area (Å²) in [6, 6.07) is 26.8. The normalized spacial score (nSPS) is 19.8. The van der Waals surface area contributed by atoms with Gasteiger partial charge in [-0.3, -0.25) is 29.3 Å². The third kappa shape index (κ3) is 6.19. The summed E-state index contributed by atoms with van der Waals surface area (Å²) in [6.45, 7) is 1.64. The number of hydrogen-bond acceptors (Lipinski definition) is 9. The van der Waals surface area contributed by atoms with E-state index >= 15 is 0 Å². The van der Waals surface area contributed by atoms with Gasteiger partial charge in [-0.25, -0.2) is 0 Å². The first-order chi connectivity index (χ1) is 26.2. The number of carbonyl (C=O) groups excluding carboxylic acids is 2. The number of H-pyrrole nitrogens is 1. The second-order valence-electron chi connectivity index (χ2n) is 13.3. The number of methoxy groups -OCH3 is 2. The molecule has 0 saturated carbocycles. The number of rotatable bonds is 12. The zero-order chi connectivity index (χ0) is 39.8. The maximum Gasteiger partial charge on any atom is 0.471 e. The van der Waals surface area contributed by atoms with Crippen LogP contribution in [0.4, 0.5) is 19.1 Å². The van der Waals surface area contributed by atoms with Gasteiger partial charge < -0.3 is 29.7 Å². The first kappa shape index (κ1) is 39.3. The van der Waals surface area contributed by atoms with Crippen molar-refractivity contribution in [2.75, 3.05) is 26.1 Å². The van der Waals surface area contributed by atoms with Crippen molar-refractivity contribution < 1.29 is 47.2 Å². The summed E-state index contributed by atoms with van der Waals surface area (Å²) in [5, 5.41) is 27.2. The topological polar surface area (TPSA) is 177 Å². The summed E-state index contributed by atoms with van der Waals surface area (Å²) in [5.41, 5.74) is -3.83. The first-order valence-electron chi connectivity index (χ1n) is 17.3. The van der Waals surface area contributed by atoms with E-state index in [2.05, 4.69) is 15.3 Å². The van der Waals surface area contributed by atoms with Crippen molar-refractivity contribution in [3.63, 3.8) is 0 Å². The predicted molar refractivity (Wildman–Crippen MR) is 194 cm³/mol. The monoisotopic (exact) mass is 763 g/mol. The number of halogens is 3. The van der Waals surface area contributed by atoms with E-state index < -0.39 is 71.8 Å². The number of aliphatic hydroxyl groups excluding tert-OH is 2. The van der Waals surface area contributed by atoms with E-state index in [1.54, 1.807) is 105 Å². The van der Waals surface area contributed by atoms with Gasteiger partial charge in [0.2, 0.25) is 23.4 Å². The van der Waals surface area contributed by atoms with Crippen LogP contribution in [0.5, 0.6) is 0 Å². The summed E-state index contributed by atoms with van der Waals surface area (Å²) >= 11 is 0. The van der Waals surface area contributed by atoms with Crippen LogP contribution in [-0.4, -0.2) is 81.6 Å². The minimum Gasteiger partial charge on any atom is -0.394 e. The molecule has 16 heteroatoms. The molecule has 1 aliphatic rings. The molecule has 1 saturated heterocycles. The maximum atomic E-state index is 14.1. The molecule has 13 nitrogen and oxygen atoms in total. The molecule has 2 aromatic heterocycles. The van der Waals surface area contributed by atoms with Gasteiger partial charge in [0.15, 0.2) is 5.65 Å². The van der Waals surface area contributed by atoms with Crippen molar-refractivity contribution in [1.29, 1.82) is 0 Å². The molecule has 0 unspecified atom stereocenters. The highest BCUT2D eigenvalue weighted by Gasteiger charge is 2.78. The smallest absolute Gasteiger partial charge is 0.394 e. The Bertz CT molecular complexity index is 2110. The van der Waals surface area contributed by atoms with Gasteiger partial charge in [0.05, 0.1) is 17.4 Å². The third-order valence-electron chi connectivity index (χ3n) is 9.99. The molecule has 1 aliphatic heterocycles. The van der Waals surface area contributed by atoms with Crippen LogP contribution in [0.25, 0.3) is 11.0 Å². The zero-order valence-electron chi connectivity index (χ0n) is 30.3. The minimum absolute atomic E-state index is 0.155. The largest absolute Gasteiger partial charge is 0.471 e. The second kappa shape index (κ2) is 15.0. The Kier molecular flexibility index (Phi) is 10.7. The van der Waals surface area contributed by atoms with E-state index in [0.717, 1.165) is 0 Å². The fourth-order valence-corrected chi connectivity index (χ4v) is 7.63. The number of hydrogen-bond donors (Lipinski definition) is 5. The van der Waals surface area contributed by atoms with Crippen LogP contribution < -0.4 is 16.2 Å². The van der Waals surface area contributed by atoms with Crippen molar-refractivity contribution in [3.05, 3.63) is 130 Å². The summed E-state index contributed by atoms with van der Waals surface area (Å²) < 4.78 is 61.3. The third-order valence-corrected chi connectivity index (χ3v) is 9.99. The molecule has 5 N–H and O–H groups in total. The number of nitrogens with zero attached hydrogens (tertiary/aromatic N) is 2. The molecule has 3 heterocycles. The second-order valence-corrected chi connectivity index (χ2v) is 13.3. The molecule has 5 aromatic rings. The molecule has 0 aliphatic carbocycles. The van der Waals surface area contributed by atoms with E-state index in [0.29, 0.717) is 16.7 Å². The lowest BCUT2D eigenvalue weighted by atomic mass is 9.59. The molecule has 55 heavy (non-hydrogen) atoms. The quantitative estimate of drug-likeness (QED) is 0.0932. The van der Waals surface area contributed by atoms with Crippen molar-refractivity contribution in [3.8, 4) is 0 Å². The highest BCUT2D eigenvalue weighted by Crippen LogP contribution is 2.62. The van der Waals surface area contributed by atoms with E-state index in [1.807, 2.05) is 5.32 Å². The van der Waals surface area contributed by atoms with E-state index in [4.69, 9.17) is 14.2 Å². The Balaban J connectivity index is 1.87. The molecule has 0 spiro atoms.